The molecule has 5 heterocycles. The molecule has 1 amide bonds. The Labute approximate surface area is 179 Å². The zero-order valence-corrected chi connectivity index (χ0v) is 17.6. The van der Waals surface area contributed by atoms with E-state index in [4.69, 9.17) is 9.72 Å². The van der Waals surface area contributed by atoms with E-state index in [9.17, 15) is 9.59 Å². The van der Waals surface area contributed by atoms with E-state index in [1.54, 1.807) is 29.3 Å². The second-order valence-electron chi connectivity index (χ2n) is 8.23. The van der Waals surface area contributed by atoms with Crippen LogP contribution in [0.3, 0.4) is 0 Å². The number of rotatable bonds is 2. The Morgan fingerprint density at radius 3 is 2.74 bits per heavy atom. The van der Waals surface area contributed by atoms with Crippen molar-refractivity contribution >= 4 is 17.5 Å². The topological polar surface area (TPSA) is 92.9 Å². The summed E-state index contributed by atoms with van der Waals surface area (Å²) in [6.45, 7) is 1.58. The van der Waals surface area contributed by atoms with Crippen LogP contribution in [0.2, 0.25) is 0 Å². The number of amides is 1. The van der Waals surface area contributed by atoms with Crippen molar-refractivity contribution in [3.8, 4) is 0 Å². The molecule has 3 aromatic heterocycles. The SMILES string of the molecule is CN(C)c1ncc2c(n1)C1(CCN(C(=O)c3cnc4ccccn4c3=O)CC1)OCC2. The predicted molar refractivity (Wildman–Crippen MR) is 114 cm³/mol. The molecule has 9 heteroatoms. The predicted octanol–water partition coefficient (Wildman–Crippen LogP) is 1.25. The van der Waals surface area contributed by atoms with Gasteiger partial charge in [-0.05, 0) is 37.0 Å². The molecule has 1 spiro atoms. The Bertz CT molecular complexity index is 1210. The first-order chi connectivity index (χ1) is 15.0. The quantitative estimate of drug-likeness (QED) is 0.616. The molecule has 3 aromatic rings. The minimum atomic E-state index is -0.519. The fourth-order valence-corrected chi connectivity index (χ4v) is 4.41. The maximum absolute atomic E-state index is 13.1. The van der Waals surface area contributed by atoms with Crippen LogP contribution in [0.15, 0.2) is 41.6 Å². The Morgan fingerprint density at radius 2 is 1.97 bits per heavy atom. The molecule has 0 radical (unpaired) electrons. The first kappa shape index (κ1) is 19.6. The van der Waals surface area contributed by atoms with Gasteiger partial charge in [-0.3, -0.25) is 14.0 Å². The van der Waals surface area contributed by atoms with Gasteiger partial charge in [0.25, 0.3) is 11.5 Å². The van der Waals surface area contributed by atoms with E-state index in [0.717, 1.165) is 17.7 Å². The van der Waals surface area contributed by atoms with Crippen molar-refractivity contribution in [2.45, 2.75) is 24.9 Å². The van der Waals surface area contributed by atoms with Crippen LogP contribution >= 0.6 is 0 Å². The monoisotopic (exact) mass is 420 g/mol. The summed E-state index contributed by atoms with van der Waals surface area (Å²) in [5.74, 6) is 0.357. The van der Waals surface area contributed by atoms with Crippen LogP contribution in [-0.4, -0.2) is 64.0 Å². The summed E-state index contributed by atoms with van der Waals surface area (Å²) in [6.07, 6.45) is 6.93. The first-order valence-electron chi connectivity index (χ1n) is 10.4. The van der Waals surface area contributed by atoms with E-state index >= 15 is 0 Å². The molecule has 160 valence electrons. The molecule has 0 aliphatic carbocycles. The Morgan fingerprint density at radius 1 is 1.16 bits per heavy atom. The molecular weight excluding hydrogens is 396 g/mol. The van der Waals surface area contributed by atoms with Gasteiger partial charge in [0, 0.05) is 45.8 Å². The molecule has 0 saturated carbocycles. The van der Waals surface area contributed by atoms with Crippen molar-refractivity contribution in [3.05, 3.63) is 64.0 Å². The third-order valence-electron chi connectivity index (χ3n) is 6.14. The highest BCUT2D eigenvalue weighted by Gasteiger charge is 2.43. The van der Waals surface area contributed by atoms with Crippen LogP contribution in [0.5, 0.6) is 0 Å². The van der Waals surface area contributed by atoms with Gasteiger partial charge in [0.2, 0.25) is 5.95 Å². The summed E-state index contributed by atoms with van der Waals surface area (Å²) in [5.41, 5.74) is 1.77. The lowest BCUT2D eigenvalue weighted by molar-refractivity contribution is -0.0967. The van der Waals surface area contributed by atoms with Crippen molar-refractivity contribution < 1.29 is 9.53 Å². The fourth-order valence-electron chi connectivity index (χ4n) is 4.41. The van der Waals surface area contributed by atoms with Gasteiger partial charge in [0.15, 0.2) is 0 Å². The zero-order chi connectivity index (χ0) is 21.6. The molecule has 0 aromatic carbocycles. The number of carbonyl (C=O) groups is 1. The minimum Gasteiger partial charge on any atom is -0.368 e. The first-order valence-corrected chi connectivity index (χ1v) is 10.4. The number of pyridine rings is 1. The molecule has 0 N–H and O–H groups in total. The minimum absolute atomic E-state index is 0.0850. The van der Waals surface area contributed by atoms with Gasteiger partial charge in [-0.25, -0.2) is 15.0 Å². The summed E-state index contributed by atoms with van der Waals surface area (Å²) in [4.78, 5) is 43.0. The average molecular weight is 420 g/mol. The van der Waals surface area contributed by atoms with Crippen LogP contribution in [0.4, 0.5) is 5.95 Å². The van der Waals surface area contributed by atoms with Crippen LogP contribution < -0.4 is 10.5 Å². The van der Waals surface area contributed by atoms with Crippen LogP contribution in [0.25, 0.3) is 5.65 Å². The molecule has 5 rings (SSSR count). The van der Waals surface area contributed by atoms with Gasteiger partial charge >= 0.3 is 0 Å². The standard InChI is InChI=1S/C22H24N6O3/c1-26(2)21-24-13-15-6-12-31-22(18(15)25-21)7-10-27(11-8-22)19(29)16-14-23-17-5-3-4-9-28(17)20(16)30/h3-5,9,13-14H,6-8,10-12H2,1-2H3. The highest BCUT2D eigenvalue weighted by Crippen LogP contribution is 2.40. The number of hydrogen-bond donors (Lipinski definition) is 0. The molecule has 2 aliphatic heterocycles. The van der Waals surface area contributed by atoms with Gasteiger partial charge in [0.05, 0.1) is 12.3 Å². The van der Waals surface area contributed by atoms with Crippen molar-refractivity contribution in [1.29, 1.82) is 0 Å². The highest BCUT2D eigenvalue weighted by atomic mass is 16.5. The maximum Gasteiger partial charge on any atom is 0.270 e. The summed E-state index contributed by atoms with van der Waals surface area (Å²) >= 11 is 0. The Hall–Kier alpha value is -3.33. The second kappa shape index (κ2) is 7.42. The summed E-state index contributed by atoms with van der Waals surface area (Å²) in [5, 5.41) is 0. The van der Waals surface area contributed by atoms with Gasteiger partial charge < -0.3 is 14.5 Å². The molecule has 0 unspecified atom stereocenters. The Kier molecular flexibility index (Phi) is 4.70. The molecule has 2 aliphatic rings. The van der Waals surface area contributed by atoms with E-state index in [0.29, 0.717) is 44.1 Å². The molecule has 0 bridgehead atoms. The number of carbonyl (C=O) groups excluding carboxylic acids is 1. The number of aromatic nitrogens is 4. The number of ether oxygens (including phenoxy) is 1. The van der Waals surface area contributed by atoms with Crippen molar-refractivity contribution in [1.82, 2.24) is 24.3 Å². The summed E-state index contributed by atoms with van der Waals surface area (Å²) < 4.78 is 7.66. The summed E-state index contributed by atoms with van der Waals surface area (Å²) in [6, 6.07) is 5.29. The van der Waals surface area contributed by atoms with Gasteiger partial charge in [-0.1, -0.05) is 6.07 Å². The number of fused-ring (bicyclic) bond motifs is 3. The third-order valence-corrected chi connectivity index (χ3v) is 6.14. The van der Waals surface area contributed by atoms with E-state index in [1.807, 2.05) is 25.2 Å². The molecule has 1 saturated heterocycles. The highest BCUT2D eigenvalue weighted by molar-refractivity contribution is 5.93. The normalized spacial score (nSPS) is 17.5. The Balaban J connectivity index is 1.40. The molecule has 0 atom stereocenters. The second-order valence-corrected chi connectivity index (χ2v) is 8.23. The molecule has 1 fully saturated rings. The largest absolute Gasteiger partial charge is 0.368 e. The third kappa shape index (κ3) is 3.25. The number of hydrogen-bond acceptors (Lipinski definition) is 7. The van der Waals surface area contributed by atoms with E-state index in [-0.39, 0.29) is 17.0 Å². The lowest BCUT2D eigenvalue weighted by atomic mass is 9.83. The molecule has 9 nitrogen and oxygen atoms in total. The van der Waals surface area contributed by atoms with Crippen molar-refractivity contribution in [2.75, 3.05) is 38.7 Å². The summed E-state index contributed by atoms with van der Waals surface area (Å²) in [7, 11) is 3.82. The molecule has 31 heavy (non-hydrogen) atoms. The van der Waals surface area contributed by atoms with Gasteiger partial charge in [-0.15, -0.1) is 0 Å². The number of anilines is 1. The van der Waals surface area contributed by atoms with E-state index < -0.39 is 5.60 Å². The van der Waals surface area contributed by atoms with E-state index in [2.05, 4.69) is 9.97 Å². The van der Waals surface area contributed by atoms with Crippen LogP contribution in [-0.2, 0) is 16.8 Å². The van der Waals surface area contributed by atoms with Crippen LogP contribution in [0, 0.1) is 0 Å². The lowest BCUT2D eigenvalue weighted by Crippen LogP contribution is -2.49. The smallest absolute Gasteiger partial charge is 0.270 e. The number of nitrogens with zero attached hydrogens (tertiary/aromatic N) is 6. The number of likely N-dealkylation sites (tertiary alicyclic amines) is 1. The van der Waals surface area contributed by atoms with Gasteiger partial charge in [-0.2, -0.15) is 0 Å². The maximum atomic E-state index is 13.1. The zero-order valence-electron chi connectivity index (χ0n) is 17.6. The van der Waals surface area contributed by atoms with Crippen molar-refractivity contribution in [3.63, 3.8) is 0 Å². The van der Waals surface area contributed by atoms with Crippen molar-refractivity contribution in [2.24, 2.45) is 0 Å². The van der Waals surface area contributed by atoms with E-state index in [1.165, 1.54) is 10.6 Å². The van der Waals surface area contributed by atoms with Crippen LogP contribution in [0.1, 0.15) is 34.5 Å². The number of piperidine rings is 1. The fraction of sp³-hybridized carbons (Fsp3) is 0.409. The molecular formula is C22H24N6O3. The lowest BCUT2D eigenvalue weighted by Gasteiger charge is -2.44. The van der Waals surface area contributed by atoms with Gasteiger partial charge in [0.1, 0.15) is 16.8 Å². The average Bonchev–Trinajstić information content (AvgIpc) is 2.80.